The summed E-state index contributed by atoms with van der Waals surface area (Å²) in [4.78, 5) is 23.0. The van der Waals surface area contributed by atoms with Crippen molar-refractivity contribution in [2.24, 2.45) is 47.3 Å². The molecule has 0 aromatic heterocycles. The first kappa shape index (κ1) is 40.4. The highest BCUT2D eigenvalue weighted by Gasteiger charge is 2.78. The Hall–Kier alpha value is 0.180. The van der Waals surface area contributed by atoms with E-state index in [1.54, 1.807) is 27.7 Å². The Morgan fingerprint density at radius 2 is 1.10 bits per heavy atom. The van der Waals surface area contributed by atoms with E-state index in [1.807, 2.05) is 0 Å². The minimum absolute atomic E-state index is 0.0109. The lowest BCUT2D eigenvalue weighted by Crippen LogP contribution is -2.76. The average Bonchev–Trinajstić information content (AvgIpc) is 3.43. The van der Waals surface area contributed by atoms with Crippen molar-refractivity contribution in [1.82, 2.24) is 0 Å². The molecule has 10 rings (SSSR count). The zero-order valence-corrected chi connectivity index (χ0v) is 33.4. The van der Waals surface area contributed by atoms with Crippen molar-refractivity contribution in [3.05, 3.63) is 0 Å². The van der Waals surface area contributed by atoms with Gasteiger partial charge in [0.1, 0.15) is 0 Å². The smallest absolute Gasteiger partial charge is 0.342 e. The second kappa shape index (κ2) is 13.4. The summed E-state index contributed by atoms with van der Waals surface area (Å²) in [6.45, 7) is 10.7. The van der Waals surface area contributed by atoms with Crippen molar-refractivity contribution >= 4 is 31.9 Å². The maximum atomic E-state index is 14.4. The van der Waals surface area contributed by atoms with Crippen LogP contribution in [0, 0.1) is 47.3 Å². The normalized spacial score (nSPS) is 53.9. The summed E-state index contributed by atoms with van der Waals surface area (Å²) in [5.74, 6) is -6.82. The molecule has 16 atom stereocenters. The Morgan fingerprint density at radius 1 is 0.615 bits per heavy atom. The highest BCUT2D eigenvalue weighted by Crippen LogP contribution is 2.66. The lowest BCUT2D eigenvalue weighted by molar-refractivity contribution is -0.598. The molecule has 8 saturated heterocycles. The number of hydrogen-bond acceptors (Lipinski definition) is 9. The summed E-state index contributed by atoms with van der Waals surface area (Å²) in [6.07, 6.45) is -5.48. The summed E-state index contributed by atoms with van der Waals surface area (Å²) in [6, 6.07) is 0. The second-order valence-electron chi connectivity index (χ2n) is 16.8. The molecule has 9 nitrogen and oxygen atoms in total. The molecule has 10 aliphatic rings. The van der Waals surface area contributed by atoms with E-state index in [0.29, 0.717) is 43.4 Å². The van der Waals surface area contributed by atoms with Gasteiger partial charge in [0.2, 0.25) is 16.1 Å². The van der Waals surface area contributed by atoms with Crippen LogP contribution in [0.2, 0.25) is 0 Å². The van der Waals surface area contributed by atoms with Gasteiger partial charge in [-0.15, -0.1) is 0 Å². The molecule has 52 heavy (non-hydrogen) atoms. The van der Waals surface area contributed by atoms with Crippen LogP contribution in [0.5, 0.6) is 0 Å². The molecule has 8 heterocycles. The molecular formula is C35H50Br2F6O9. The summed E-state index contributed by atoms with van der Waals surface area (Å²) in [5.41, 5.74) is -2.02. The SMILES string of the molecule is C[C@@H]1CC[C@H]2[C@@H](C)[C@](Br)(C(F)(F)F)O[C@@H]3O[C@]4(C)CC[C@@H]1[C@]32OO4.C[C@@H]1CC[C@H]2[C@@H](C)[C@](OCCCBr)(C(F)(F)F)O[C@@H]3O[C@]4(C)CC[C@@H]1[C@]32OO4. The molecule has 4 bridgehead atoms. The average molecular weight is 889 g/mol. The molecule has 0 aromatic carbocycles. The molecule has 2 spiro atoms. The van der Waals surface area contributed by atoms with Gasteiger partial charge in [0.25, 0.3) is 5.79 Å². The molecule has 10 fully saturated rings. The Balaban J connectivity index is 0.000000164. The number of rotatable bonds is 4. The molecule has 17 heteroatoms. The number of alkyl halides is 8. The minimum atomic E-state index is -4.70. The molecule has 0 radical (unpaired) electrons. The highest BCUT2D eigenvalue weighted by molar-refractivity contribution is 9.10. The maximum Gasteiger partial charge on any atom is 0.443 e. The quantitative estimate of drug-likeness (QED) is 0.119. The van der Waals surface area contributed by atoms with Gasteiger partial charge in [-0.2, -0.15) is 26.3 Å². The number of ether oxygens (including phenoxy) is 5. The Morgan fingerprint density at radius 3 is 1.56 bits per heavy atom. The number of halogens is 8. The fourth-order valence-corrected chi connectivity index (χ4v) is 11.7. The zero-order valence-electron chi connectivity index (χ0n) is 30.2. The fraction of sp³-hybridized carbons (Fsp3) is 1.00. The predicted molar refractivity (Wildman–Crippen MR) is 177 cm³/mol. The van der Waals surface area contributed by atoms with E-state index in [9.17, 15) is 26.3 Å². The molecule has 0 aromatic rings. The molecular weight excluding hydrogens is 838 g/mol. The lowest BCUT2D eigenvalue weighted by Gasteiger charge is -2.62. The topological polar surface area (TPSA) is 83.1 Å². The van der Waals surface area contributed by atoms with Gasteiger partial charge in [0, 0.05) is 41.8 Å². The van der Waals surface area contributed by atoms with E-state index in [2.05, 4.69) is 45.7 Å². The van der Waals surface area contributed by atoms with Crippen LogP contribution in [0.4, 0.5) is 26.3 Å². The van der Waals surface area contributed by atoms with Crippen molar-refractivity contribution in [3.63, 3.8) is 0 Å². The van der Waals surface area contributed by atoms with Crippen LogP contribution >= 0.6 is 31.9 Å². The standard InChI is InChI=1S/C19H28BrF3O5.C16H22BrF3O4/c1-11-5-6-14-12(2)18(19(21,22)23,24-10-4-9-20)26-15-17(14)13(11)7-8-16(3,25-15)27-28-17;1-8-4-5-11-9(2)15(17,16(18,19)20)22-12-14(11)10(8)6-7-13(3,21-12)23-24-14/h11-15H,4-10H2,1-3H3;8-12H,4-7H2,1-3H3/t11-,12-,13+,14+,15+,16+,17-,18-;8-,9-,10+,11+,12+,13+,14-,15-/m11/s1. The molecule has 300 valence electrons. The van der Waals surface area contributed by atoms with Crippen LogP contribution in [0.15, 0.2) is 0 Å². The summed E-state index contributed by atoms with van der Waals surface area (Å²) in [7, 11) is 0. The van der Waals surface area contributed by atoms with Crippen LogP contribution in [-0.4, -0.2) is 69.9 Å². The van der Waals surface area contributed by atoms with Gasteiger partial charge in [0.15, 0.2) is 23.8 Å². The van der Waals surface area contributed by atoms with Crippen molar-refractivity contribution < 1.29 is 69.6 Å². The molecule has 0 N–H and O–H groups in total. The van der Waals surface area contributed by atoms with Gasteiger partial charge in [-0.25, -0.2) is 19.6 Å². The van der Waals surface area contributed by atoms with Crippen molar-refractivity contribution in [1.29, 1.82) is 0 Å². The monoisotopic (exact) mass is 886 g/mol. The predicted octanol–water partition coefficient (Wildman–Crippen LogP) is 9.45. The van der Waals surface area contributed by atoms with Crippen LogP contribution in [0.3, 0.4) is 0 Å². The van der Waals surface area contributed by atoms with E-state index in [0.717, 1.165) is 25.7 Å². The third-order valence-corrected chi connectivity index (χ3v) is 15.8. The minimum Gasteiger partial charge on any atom is -0.342 e. The van der Waals surface area contributed by atoms with E-state index < -0.39 is 75.8 Å². The van der Waals surface area contributed by atoms with Crippen molar-refractivity contribution in [3.8, 4) is 0 Å². The molecule has 2 saturated carbocycles. The van der Waals surface area contributed by atoms with Gasteiger partial charge < -0.3 is 23.7 Å². The first-order valence-corrected chi connectivity index (χ1v) is 20.5. The van der Waals surface area contributed by atoms with Crippen LogP contribution in [-0.2, 0) is 43.2 Å². The van der Waals surface area contributed by atoms with Crippen LogP contribution in [0.1, 0.15) is 99.3 Å². The van der Waals surface area contributed by atoms with Gasteiger partial charge in [0.05, 0.1) is 6.61 Å². The molecule has 2 aliphatic carbocycles. The van der Waals surface area contributed by atoms with Crippen LogP contribution in [0.25, 0.3) is 0 Å². The Kier molecular flexibility index (Phi) is 10.4. The lowest BCUT2D eigenvalue weighted by atomic mass is 9.57. The largest absolute Gasteiger partial charge is 0.443 e. The summed E-state index contributed by atoms with van der Waals surface area (Å²) < 4.78 is 111. The van der Waals surface area contributed by atoms with Gasteiger partial charge in [-0.1, -0.05) is 43.6 Å². The number of fused-ring (bicyclic) bond motifs is 4. The van der Waals surface area contributed by atoms with E-state index in [1.165, 1.54) is 0 Å². The number of hydrogen-bond donors (Lipinski definition) is 0. The summed E-state index contributed by atoms with van der Waals surface area (Å²) >= 11 is 6.11. The summed E-state index contributed by atoms with van der Waals surface area (Å²) in [5, 5.41) is 0.553. The van der Waals surface area contributed by atoms with E-state index >= 15 is 0 Å². The first-order valence-electron chi connectivity index (χ1n) is 18.6. The first-order chi connectivity index (χ1) is 24.1. The van der Waals surface area contributed by atoms with Crippen molar-refractivity contribution in [2.45, 2.75) is 157 Å². The second-order valence-corrected chi connectivity index (χ2v) is 18.8. The molecule has 8 aliphatic heterocycles. The third-order valence-electron chi connectivity index (χ3n) is 13.9. The van der Waals surface area contributed by atoms with Gasteiger partial charge in [-0.3, -0.25) is 0 Å². The maximum absolute atomic E-state index is 14.4. The van der Waals surface area contributed by atoms with Gasteiger partial charge >= 0.3 is 12.4 Å². The van der Waals surface area contributed by atoms with Gasteiger partial charge in [-0.05, 0) is 98.4 Å². The molecule has 0 amide bonds. The van der Waals surface area contributed by atoms with Crippen LogP contribution < -0.4 is 0 Å². The molecule has 0 unspecified atom stereocenters. The Bertz CT molecular complexity index is 1350. The van der Waals surface area contributed by atoms with Crippen molar-refractivity contribution in [2.75, 3.05) is 11.9 Å². The van der Waals surface area contributed by atoms with E-state index in [4.69, 9.17) is 43.2 Å². The fourth-order valence-electron chi connectivity index (χ4n) is 11.0. The van der Waals surface area contributed by atoms with E-state index in [-0.39, 0.29) is 30.3 Å². The highest BCUT2D eigenvalue weighted by atomic mass is 79.9. The third kappa shape index (κ3) is 5.84. The Labute approximate surface area is 317 Å². The zero-order chi connectivity index (χ0) is 37.9.